The summed E-state index contributed by atoms with van der Waals surface area (Å²) >= 11 is 1.000. The summed E-state index contributed by atoms with van der Waals surface area (Å²) in [6.45, 7) is 2.66. The van der Waals surface area contributed by atoms with Crippen LogP contribution in [0, 0.1) is 6.92 Å². The Kier molecular flexibility index (Phi) is 7.80. The Hall–Kier alpha value is -2.85. The topological polar surface area (TPSA) is 115 Å². The highest BCUT2D eigenvalue weighted by Crippen LogP contribution is 2.23. The Bertz CT molecular complexity index is 1020. The number of aryl methyl sites for hydroxylation is 1. The molecule has 0 fully saturated rings. The fourth-order valence-corrected chi connectivity index (χ4v) is 3.26. The van der Waals surface area contributed by atoms with Gasteiger partial charge in [0.25, 0.3) is 5.56 Å². The van der Waals surface area contributed by atoms with Gasteiger partial charge in [0, 0.05) is 27.7 Å². The van der Waals surface area contributed by atoms with Crippen LogP contribution in [-0.2, 0) is 23.6 Å². The molecule has 0 aliphatic carbocycles. The fraction of sp³-hybridized carbons (Fsp3) is 0.368. The van der Waals surface area contributed by atoms with Crippen molar-refractivity contribution in [1.82, 2.24) is 14.5 Å². The Balaban J connectivity index is 2.46. The molecule has 0 saturated carbocycles. The molecule has 2 rings (SSSR count). The molecule has 1 aromatic heterocycles. The highest BCUT2D eigenvalue weighted by Gasteiger charge is 2.21. The third-order valence-corrected chi connectivity index (χ3v) is 5.06. The van der Waals surface area contributed by atoms with Gasteiger partial charge >= 0.3 is 5.69 Å². The van der Waals surface area contributed by atoms with Crippen molar-refractivity contribution in [3.8, 4) is 5.88 Å². The van der Waals surface area contributed by atoms with E-state index in [1.54, 1.807) is 12.1 Å². The summed E-state index contributed by atoms with van der Waals surface area (Å²) in [7, 11) is 4.21. The second-order valence-electron chi connectivity index (χ2n) is 6.29. The zero-order chi connectivity index (χ0) is 21.6. The predicted octanol–water partition coefficient (Wildman–Crippen LogP) is 0.672. The van der Waals surface area contributed by atoms with E-state index in [4.69, 9.17) is 4.74 Å². The van der Waals surface area contributed by atoms with Crippen molar-refractivity contribution in [2.45, 2.75) is 6.92 Å². The van der Waals surface area contributed by atoms with Crippen LogP contribution in [0.2, 0.25) is 0 Å². The first-order valence-electron chi connectivity index (χ1n) is 8.79. The minimum atomic E-state index is -0.691. The number of rotatable bonds is 7. The van der Waals surface area contributed by atoms with Gasteiger partial charge in [-0.2, -0.15) is 0 Å². The number of hydrogen-bond donors (Lipinski definition) is 2. The molecule has 1 heterocycles. The maximum absolute atomic E-state index is 12.7. The van der Waals surface area contributed by atoms with Gasteiger partial charge in [0.15, 0.2) is 0 Å². The van der Waals surface area contributed by atoms with Crippen molar-refractivity contribution >= 4 is 28.4 Å². The molecule has 9 nitrogen and oxygen atoms in total. The number of aromatic hydroxyl groups is 1. The van der Waals surface area contributed by atoms with Crippen molar-refractivity contribution in [3.05, 3.63) is 56.2 Å². The first-order valence-corrected chi connectivity index (χ1v) is 9.78. The van der Waals surface area contributed by atoms with Crippen LogP contribution in [0.3, 0.4) is 0 Å². The van der Waals surface area contributed by atoms with Crippen molar-refractivity contribution in [3.63, 3.8) is 0 Å². The average Bonchev–Trinajstić information content (AvgIpc) is 2.70. The Labute approximate surface area is 172 Å². The van der Waals surface area contributed by atoms with E-state index in [0.717, 1.165) is 26.5 Å². The number of carbonyl (C=O) groups excluding carboxylic acids is 1. The molecule has 0 unspecified atom stereocenters. The lowest BCUT2D eigenvalue weighted by atomic mass is 10.2. The molecular formula is C19H24N4O5S. The van der Waals surface area contributed by atoms with Crippen LogP contribution in [0.25, 0.3) is 0 Å². The van der Waals surface area contributed by atoms with E-state index in [2.05, 4.69) is 10.3 Å². The van der Waals surface area contributed by atoms with Gasteiger partial charge in [0.2, 0.25) is 11.8 Å². The number of methoxy groups -OCH3 is 1. The smallest absolute Gasteiger partial charge is 0.333 e. The third kappa shape index (κ3) is 5.58. The largest absolute Gasteiger partial charge is 0.494 e. The quantitative estimate of drug-likeness (QED) is 0.387. The van der Waals surface area contributed by atoms with E-state index < -0.39 is 17.1 Å². The lowest BCUT2D eigenvalue weighted by molar-refractivity contribution is -0.118. The monoisotopic (exact) mass is 420 g/mol. The van der Waals surface area contributed by atoms with Gasteiger partial charge in [-0.3, -0.25) is 18.7 Å². The number of ether oxygens (including phenoxy) is 1. The van der Waals surface area contributed by atoms with E-state index in [1.165, 1.54) is 21.2 Å². The molecule has 0 atom stereocenters. The summed E-state index contributed by atoms with van der Waals surface area (Å²) in [6, 6.07) is 7.24. The van der Waals surface area contributed by atoms with Crippen LogP contribution in [0.4, 0.5) is 5.69 Å². The van der Waals surface area contributed by atoms with Gasteiger partial charge < -0.3 is 15.2 Å². The summed E-state index contributed by atoms with van der Waals surface area (Å²) in [5, 5.41) is 13.3. The average molecular weight is 420 g/mol. The number of nitrogens with one attached hydrogen (secondary N) is 1. The zero-order valence-electron chi connectivity index (χ0n) is 16.8. The van der Waals surface area contributed by atoms with Gasteiger partial charge in [0.05, 0.1) is 18.0 Å². The molecule has 29 heavy (non-hydrogen) atoms. The minimum Gasteiger partial charge on any atom is -0.494 e. The molecule has 156 valence electrons. The number of thioether (sulfide) groups is 1. The molecule has 1 amide bonds. The second-order valence-corrected chi connectivity index (χ2v) is 7.25. The molecule has 0 bridgehead atoms. The van der Waals surface area contributed by atoms with E-state index in [9.17, 15) is 19.5 Å². The molecule has 0 radical (unpaired) electrons. The SMILES string of the molecule is COCCNC(=O)CSC(=Nc1ccc(C)cc1)c1c(O)n(C)c(=O)n(C)c1=O. The van der Waals surface area contributed by atoms with E-state index in [1.807, 2.05) is 19.1 Å². The van der Waals surface area contributed by atoms with Crippen LogP contribution < -0.4 is 16.6 Å². The number of aliphatic imine (C=N–C) groups is 1. The molecular weight excluding hydrogens is 396 g/mol. The van der Waals surface area contributed by atoms with Gasteiger partial charge in [0.1, 0.15) is 10.6 Å². The first kappa shape index (κ1) is 22.4. The van der Waals surface area contributed by atoms with Crippen LogP contribution >= 0.6 is 11.8 Å². The lowest BCUT2D eigenvalue weighted by Gasteiger charge is -2.12. The number of carbonyl (C=O) groups is 1. The molecule has 0 spiro atoms. The standard InChI is InChI=1S/C19H24N4O5S/c1-12-5-7-13(8-6-12)21-16(29-11-14(24)20-9-10-28-4)15-17(25)22(2)19(27)23(3)18(15)26/h5-8,25H,9-11H2,1-4H3,(H,20,24). The molecule has 2 N–H and O–H groups in total. The first-order chi connectivity index (χ1) is 13.8. The summed E-state index contributed by atoms with van der Waals surface area (Å²) in [5.41, 5.74) is 0.103. The number of aromatic nitrogens is 2. The van der Waals surface area contributed by atoms with E-state index in [-0.39, 0.29) is 22.3 Å². The molecule has 0 aliphatic heterocycles. The summed E-state index contributed by atoms with van der Waals surface area (Å²) < 4.78 is 6.74. The third-order valence-electron chi connectivity index (χ3n) is 4.08. The molecule has 0 aliphatic rings. The zero-order valence-corrected chi connectivity index (χ0v) is 17.6. The highest BCUT2D eigenvalue weighted by atomic mass is 32.2. The van der Waals surface area contributed by atoms with Crippen molar-refractivity contribution in [1.29, 1.82) is 0 Å². The fourth-order valence-electron chi connectivity index (χ4n) is 2.39. The Morgan fingerprint density at radius 1 is 1.21 bits per heavy atom. The molecule has 10 heteroatoms. The predicted molar refractivity (Wildman–Crippen MR) is 113 cm³/mol. The summed E-state index contributed by atoms with van der Waals surface area (Å²) in [6.07, 6.45) is 0. The van der Waals surface area contributed by atoms with Crippen LogP contribution in [0.5, 0.6) is 5.88 Å². The molecule has 2 aromatic rings. The maximum atomic E-state index is 12.7. The number of nitrogens with zero attached hydrogens (tertiary/aromatic N) is 3. The Morgan fingerprint density at radius 3 is 2.48 bits per heavy atom. The maximum Gasteiger partial charge on any atom is 0.333 e. The van der Waals surface area contributed by atoms with Crippen LogP contribution in [-0.4, -0.2) is 51.2 Å². The van der Waals surface area contributed by atoms with Crippen molar-refractivity contribution in [2.75, 3.05) is 26.0 Å². The number of hydrogen-bond acceptors (Lipinski definition) is 7. The molecule has 1 aromatic carbocycles. The minimum absolute atomic E-state index is 0.0279. The number of benzene rings is 1. The number of amides is 1. The Morgan fingerprint density at radius 2 is 1.86 bits per heavy atom. The van der Waals surface area contributed by atoms with Gasteiger partial charge in [-0.1, -0.05) is 29.5 Å². The molecule has 0 saturated heterocycles. The van der Waals surface area contributed by atoms with Gasteiger partial charge in [-0.25, -0.2) is 9.79 Å². The van der Waals surface area contributed by atoms with Crippen molar-refractivity contribution < 1.29 is 14.6 Å². The summed E-state index contributed by atoms with van der Waals surface area (Å²) in [5.74, 6) is -0.805. The van der Waals surface area contributed by atoms with E-state index in [0.29, 0.717) is 18.8 Å². The van der Waals surface area contributed by atoms with Gasteiger partial charge in [-0.15, -0.1) is 0 Å². The van der Waals surface area contributed by atoms with Gasteiger partial charge in [-0.05, 0) is 19.1 Å². The lowest BCUT2D eigenvalue weighted by Crippen LogP contribution is -2.40. The van der Waals surface area contributed by atoms with Crippen molar-refractivity contribution in [2.24, 2.45) is 19.1 Å². The second kappa shape index (κ2) is 10.1. The van der Waals surface area contributed by atoms with Crippen LogP contribution in [0.15, 0.2) is 38.8 Å². The normalized spacial score (nSPS) is 11.5. The highest BCUT2D eigenvalue weighted by molar-refractivity contribution is 8.15. The van der Waals surface area contributed by atoms with E-state index >= 15 is 0 Å². The van der Waals surface area contributed by atoms with Crippen LogP contribution in [0.1, 0.15) is 11.1 Å². The summed E-state index contributed by atoms with van der Waals surface area (Å²) in [4.78, 5) is 41.2.